The van der Waals surface area contributed by atoms with Crippen molar-refractivity contribution in [2.75, 3.05) is 25.1 Å². The number of likely N-dealkylation sites (N-methyl/N-ethyl adjacent to an activating group) is 1. The third-order valence-corrected chi connectivity index (χ3v) is 4.05. The lowest BCUT2D eigenvalue weighted by molar-refractivity contribution is -0.117. The number of nitrogens with one attached hydrogen (secondary N) is 1. The Balaban J connectivity index is 2.40. The molecule has 1 aromatic rings. The number of benzene rings is 1. The normalized spacial score (nSPS) is 14.7. The van der Waals surface area contributed by atoms with Gasteiger partial charge in [-0.15, -0.1) is 0 Å². The second-order valence-corrected chi connectivity index (χ2v) is 5.74. The predicted molar refractivity (Wildman–Crippen MR) is 66.2 cm³/mol. The van der Waals surface area contributed by atoms with Crippen LogP contribution in [0.3, 0.4) is 0 Å². The van der Waals surface area contributed by atoms with Gasteiger partial charge >= 0.3 is 0 Å². The summed E-state index contributed by atoms with van der Waals surface area (Å²) in [4.78, 5) is 12.8. The second kappa shape index (κ2) is 4.49. The van der Waals surface area contributed by atoms with Crippen LogP contribution in [0.25, 0.3) is 0 Å². The van der Waals surface area contributed by atoms with Gasteiger partial charge in [-0.3, -0.25) is 4.79 Å². The van der Waals surface area contributed by atoms with Gasteiger partial charge in [-0.05, 0) is 12.1 Å². The molecule has 1 aliphatic heterocycles. The third-order valence-electron chi connectivity index (χ3n) is 2.62. The minimum absolute atomic E-state index is 0.0201. The number of ether oxygens (including phenoxy) is 1. The van der Waals surface area contributed by atoms with E-state index in [-0.39, 0.29) is 4.90 Å². The first-order valence-corrected chi connectivity index (χ1v) is 6.90. The molecule has 0 fully saturated rings. The molecule has 0 bridgehead atoms. The van der Waals surface area contributed by atoms with Crippen LogP contribution in [0.1, 0.15) is 6.92 Å². The molecule has 98 valence electrons. The number of hydrogen-bond donors (Lipinski definition) is 1. The van der Waals surface area contributed by atoms with Gasteiger partial charge in [-0.1, -0.05) is 0 Å². The first kappa shape index (κ1) is 12.7. The van der Waals surface area contributed by atoms with E-state index in [1.54, 1.807) is 6.07 Å². The zero-order chi connectivity index (χ0) is 13.3. The van der Waals surface area contributed by atoms with Crippen molar-refractivity contribution in [3.05, 3.63) is 18.2 Å². The standard InChI is InChI=1S/C11H14N2O4S/c1-8(14)12-18(15,16)9-3-4-10-11(7-9)17-6-5-13(10)2/h3-4,7H,5-6H2,1-2H3,(H,12,14). The van der Waals surface area contributed by atoms with Gasteiger partial charge in [0.05, 0.1) is 17.1 Å². The quantitative estimate of drug-likeness (QED) is 0.838. The van der Waals surface area contributed by atoms with Crippen LogP contribution in [0, 0.1) is 0 Å². The molecule has 0 aliphatic carbocycles. The van der Waals surface area contributed by atoms with Gasteiger partial charge in [0.1, 0.15) is 12.4 Å². The average Bonchev–Trinajstić information content (AvgIpc) is 2.27. The summed E-state index contributed by atoms with van der Waals surface area (Å²) in [5.41, 5.74) is 0.836. The van der Waals surface area contributed by atoms with Crippen molar-refractivity contribution < 1.29 is 17.9 Å². The number of nitrogens with zero attached hydrogens (tertiary/aromatic N) is 1. The summed E-state index contributed by atoms with van der Waals surface area (Å²) in [5.74, 6) is -0.110. The lowest BCUT2D eigenvalue weighted by Crippen LogP contribution is -2.30. The highest BCUT2D eigenvalue weighted by Gasteiger charge is 2.21. The van der Waals surface area contributed by atoms with Crippen molar-refractivity contribution in [3.8, 4) is 5.75 Å². The predicted octanol–water partition coefficient (Wildman–Crippen LogP) is 0.340. The van der Waals surface area contributed by atoms with Crippen LogP contribution >= 0.6 is 0 Å². The maximum atomic E-state index is 11.8. The van der Waals surface area contributed by atoms with E-state index in [1.807, 2.05) is 16.7 Å². The molecule has 0 atom stereocenters. The Kier molecular flexibility index (Phi) is 3.16. The van der Waals surface area contributed by atoms with E-state index in [1.165, 1.54) is 12.1 Å². The smallest absolute Gasteiger partial charge is 0.264 e. The lowest BCUT2D eigenvalue weighted by Gasteiger charge is -2.27. The largest absolute Gasteiger partial charge is 0.490 e. The highest BCUT2D eigenvalue weighted by molar-refractivity contribution is 7.90. The summed E-state index contributed by atoms with van der Waals surface area (Å²) < 4.78 is 31.0. The topological polar surface area (TPSA) is 75.7 Å². The first-order valence-electron chi connectivity index (χ1n) is 5.41. The molecule has 0 saturated carbocycles. The monoisotopic (exact) mass is 270 g/mol. The van der Waals surface area contributed by atoms with Crippen molar-refractivity contribution in [1.82, 2.24) is 4.72 Å². The summed E-state index contributed by atoms with van der Waals surface area (Å²) >= 11 is 0. The minimum atomic E-state index is -3.81. The molecule has 0 radical (unpaired) electrons. The van der Waals surface area contributed by atoms with Gasteiger partial charge in [0, 0.05) is 20.0 Å². The fourth-order valence-corrected chi connectivity index (χ4v) is 2.76. The number of carbonyl (C=O) groups is 1. The molecule has 1 N–H and O–H groups in total. The molecule has 18 heavy (non-hydrogen) atoms. The molecule has 0 aromatic heterocycles. The van der Waals surface area contributed by atoms with Gasteiger partial charge < -0.3 is 9.64 Å². The van der Waals surface area contributed by atoms with Gasteiger partial charge in [-0.2, -0.15) is 0 Å². The van der Waals surface area contributed by atoms with Gasteiger partial charge in [0.2, 0.25) is 5.91 Å². The Bertz CT molecular complexity index is 583. The lowest BCUT2D eigenvalue weighted by atomic mass is 10.2. The highest BCUT2D eigenvalue weighted by Crippen LogP contribution is 2.32. The van der Waals surface area contributed by atoms with Crippen LogP contribution in [0.4, 0.5) is 5.69 Å². The van der Waals surface area contributed by atoms with Crippen LogP contribution in [-0.4, -0.2) is 34.5 Å². The summed E-state index contributed by atoms with van der Waals surface area (Å²) in [6, 6.07) is 4.55. The van der Waals surface area contributed by atoms with Crippen molar-refractivity contribution >= 4 is 21.6 Å². The molecule has 1 amide bonds. The van der Waals surface area contributed by atoms with E-state index in [9.17, 15) is 13.2 Å². The average molecular weight is 270 g/mol. The van der Waals surface area contributed by atoms with Crippen LogP contribution in [-0.2, 0) is 14.8 Å². The van der Waals surface area contributed by atoms with Gasteiger partial charge in [0.15, 0.2) is 0 Å². The van der Waals surface area contributed by atoms with E-state index in [2.05, 4.69) is 0 Å². The van der Waals surface area contributed by atoms with E-state index < -0.39 is 15.9 Å². The second-order valence-electron chi connectivity index (χ2n) is 4.06. The Hall–Kier alpha value is -1.76. The molecule has 0 spiro atoms. The zero-order valence-corrected chi connectivity index (χ0v) is 11.0. The van der Waals surface area contributed by atoms with Crippen LogP contribution in [0.15, 0.2) is 23.1 Å². The van der Waals surface area contributed by atoms with E-state index in [0.29, 0.717) is 12.4 Å². The van der Waals surface area contributed by atoms with E-state index in [4.69, 9.17) is 4.74 Å². The molecular formula is C11H14N2O4S. The van der Waals surface area contributed by atoms with Crippen molar-refractivity contribution in [1.29, 1.82) is 0 Å². The Morgan fingerprint density at radius 1 is 1.44 bits per heavy atom. The SMILES string of the molecule is CC(=O)NS(=O)(=O)c1ccc2c(c1)OCCN2C. The number of hydrogen-bond acceptors (Lipinski definition) is 5. The molecule has 1 aliphatic rings. The highest BCUT2D eigenvalue weighted by atomic mass is 32.2. The molecule has 2 rings (SSSR count). The fourth-order valence-electron chi connectivity index (χ4n) is 1.75. The van der Waals surface area contributed by atoms with Crippen LogP contribution in [0.2, 0.25) is 0 Å². The van der Waals surface area contributed by atoms with Crippen molar-refractivity contribution in [2.45, 2.75) is 11.8 Å². The van der Waals surface area contributed by atoms with Crippen LogP contribution < -0.4 is 14.4 Å². The summed E-state index contributed by atoms with van der Waals surface area (Å²) in [6.45, 7) is 2.41. The molecule has 7 heteroatoms. The third kappa shape index (κ3) is 2.40. The Morgan fingerprint density at radius 3 is 2.83 bits per heavy atom. The van der Waals surface area contributed by atoms with Gasteiger partial charge in [0.25, 0.3) is 10.0 Å². The molecule has 1 heterocycles. The fraction of sp³-hybridized carbons (Fsp3) is 0.364. The van der Waals surface area contributed by atoms with Crippen LogP contribution in [0.5, 0.6) is 5.75 Å². The Labute approximate surface area is 106 Å². The summed E-state index contributed by atoms with van der Waals surface area (Å²) in [5, 5.41) is 0. The minimum Gasteiger partial charge on any atom is -0.490 e. The number of carbonyl (C=O) groups excluding carboxylic acids is 1. The maximum Gasteiger partial charge on any atom is 0.264 e. The zero-order valence-electron chi connectivity index (χ0n) is 10.1. The van der Waals surface area contributed by atoms with Gasteiger partial charge in [-0.25, -0.2) is 13.1 Å². The number of sulfonamides is 1. The molecule has 0 unspecified atom stereocenters. The number of rotatable bonds is 2. The summed E-state index contributed by atoms with van der Waals surface area (Å²) in [6.07, 6.45) is 0. The summed E-state index contributed by atoms with van der Waals surface area (Å²) in [7, 11) is -1.90. The molecule has 6 nitrogen and oxygen atoms in total. The van der Waals surface area contributed by atoms with Crippen molar-refractivity contribution in [2.24, 2.45) is 0 Å². The number of fused-ring (bicyclic) bond motifs is 1. The van der Waals surface area contributed by atoms with E-state index >= 15 is 0 Å². The number of amides is 1. The Morgan fingerprint density at radius 2 is 2.17 bits per heavy atom. The van der Waals surface area contributed by atoms with Crippen molar-refractivity contribution in [3.63, 3.8) is 0 Å². The number of anilines is 1. The van der Waals surface area contributed by atoms with E-state index in [0.717, 1.165) is 19.2 Å². The molecular weight excluding hydrogens is 256 g/mol. The first-order chi connectivity index (χ1) is 8.40. The molecule has 1 aromatic carbocycles. The maximum absolute atomic E-state index is 11.8. The molecule has 0 saturated heterocycles.